The molecule has 0 spiro atoms. The Hall–Kier alpha value is -3.15. The molecule has 0 fully saturated rings. The van der Waals surface area contributed by atoms with Crippen molar-refractivity contribution in [1.29, 1.82) is 0 Å². The summed E-state index contributed by atoms with van der Waals surface area (Å²) in [5.41, 5.74) is 1.71. The van der Waals surface area contributed by atoms with Gasteiger partial charge in [0.1, 0.15) is 5.69 Å². The largest absolute Gasteiger partial charge is 0.433 e. The second-order valence-corrected chi connectivity index (χ2v) is 5.72. The van der Waals surface area contributed by atoms with E-state index in [1.807, 2.05) is 42.5 Å². The highest BCUT2D eigenvalue weighted by atomic mass is 19.4. The Kier molecular flexibility index (Phi) is 4.75. The zero-order chi connectivity index (χ0) is 18.7. The Morgan fingerprint density at radius 2 is 1.50 bits per heavy atom. The second-order valence-electron chi connectivity index (χ2n) is 5.72. The SMILES string of the molecule is Cc1nc(C(F)(F)F)ccc1C(=O)Nc1ccc(-c2ccccc2)cc1. The normalized spacial score (nSPS) is 11.2. The fraction of sp³-hybridized carbons (Fsp3) is 0.100. The summed E-state index contributed by atoms with van der Waals surface area (Å²) in [6.07, 6.45) is -4.53. The van der Waals surface area contributed by atoms with Crippen LogP contribution in [-0.4, -0.2) is 10.9 Å². The molecule has 1 N–H and O–H groups in total. The summed E-state index contributed by atoms with van der Waals surface area (Å²) in [5.74, 6) is -0.504. The number of carbonyl (C=O) groups excluding carboxylic acids is 1. The minimum absolute atomic E-state index is 0.0261. The van der Waals surface area contributed by atoms with Crippen LogP contribution in [0.2, 0.25) is 0 Å². The zero-order valence-corrected chi connectivity index (χ0v) is 13.8. The molecule has 0 aliphatic carbocycles. The number of anilines is 1. The molecule has 0 atom stereocenters. The molecule has 3 nitrogen and oxygen atoms in total. The standard InChI is InChI=1S/C20H15F3N2O/c1-13-17(11-12-18(24-13)20(21,22)23)19(26)25-16-9-7-15(8-10-16)14-5-3-2-4-6-14/h2-12H,1H3,(H,25,26). The molecular formula is C20H15F3N2O. The van der Waals surface area contributed by atoms with Crippen molar-refractivity contribution in [3.63, 3.8) is 0 Å². The van der Waals surface area contributed by atoms with E-state index in [1.54, 1.807) is 12.1 Å². The lowest BCUT2D eigenvalue weighted by atomic mass is 10.1. The third kappa shape index (κ3) is 3.91. The number of hydrogen-bond donors (Lipinski definition) is 1. The molecule has 1 aromatic heterocycles. The fourth-order valence-corrected chi connectivity index (χ4v) is 2.53. The first-order chi connectivity index (χ1) is 12.3. The van der Waals surface area contributed by atoms with Gasteiger partial charge in [0.15, 0.2) is 0 Å². The molecule has 0 saturated carbocycles. The summed E-state index contributed by atoms with van der Waals surface area (Å²) in [6.45, 7) is 1.38. The van der Waals surface area contributed by atoms with Crippen LogP contribution in [0.25, 0.3) is 11.1 Å². The van der Waals surface area contributed by atoms with Gasteiger partial charge in [-0.2, -0.15) is 13.2 Å². The highest BCUT2D eigenvalue weighted by Gasteiger charge is 2.33. The molecule has 0 aliphatic rings. The van der Waals surface area contributed by atoms with Gasteiger partial charge in [-0.05, 0) is 42.3 Å². The van der Waals surface area contributed by atoms with Gasteiger partial charge in [-0.25, -0.2) is 4.98 Å². The number of carbonyl (C=O) groups is 1. The van der Waals surface area contributed by atoms with Crippen LogP contribution in [0.15, 0.2) is 66.7 Å². The Labute approximate surface area is 148 Å². The average Bonchev–Trinajstić information content (AvgIpc) is 2.62. The molecule has 6 heteroatoms. The van der Waals surface area contributed by atoms with E-state index in [9.17, 15) is 18.0 Å². The maximum absolute atomic E-state index is 12.7. The number of halogens is 3. The van der Waals surface area contributed by atoms with Crippen molar-refractivity contribution in [3.05, 3.63) is 83.7 Å². The van der Waals surface area contributed by atoms with Crippen LogP contribution in [0.1, 0.15) is 21.7 Å². The second kappa shape index (κ2) is 7.00. The van der Waals surface area contributed by atoms with Crippen molar-refractivity contribution in [2.45, 2.75) is 13.1 Å². The lowest BCUT2D eigenvalue weighted by molar-refractivity contribution is -0.141. The maximum Gasteiger partial charge on any atom is 0.433 e. The van der Waals surface area contributed by atoms with Crippen LogP contribution in [0.4, 0.5) is 18.9 Å². The molecule has 0 radical (unpaired) electrons. The molecule has 3 rings (SSSR count). The first-order valence-corrected chi connectivity index (χ1v) is 7.86. The van der Waals surface area contributed by atoms with Gasteiger partial charge in [-0.1, -0.05) is 42.5 Å². The molecule has 1 heterocycles. The van der Waals surface area contributed by atoms with Crippen LogP contribution in [0.3, 0.4) is 0 Å². The number of aromatic nitrogens is 1. The van der Waals surface area contributed by atoms with Crippen LogP contribution in [0.5, 0.6) is 0 Å². The van der Waals surface area contributed by atoms with Gasteiger partial charge in [0.2, 0.25) is 0 Å². The van der Waals surface area contributed by atoms with Gasteiger partial charge < -0.3 is 5.32 Å². The fourth-order valence-electron chi connectivity index (χ4n) is 2.53. The van der Waals surface area contributed by atoms with Gasteiger partial charge in [-0.15, -0.1) is 0 Å². The number of pyridine rings is 1. The van der Waals surface area contributed by atoms with Crippen LogP contribution < -0.4 is 5.32 Å². The molecule has 2 aromatic carbocycles. The first kappa shape index (κ1) is 17.7. The molecule has 1 amide bonds. The number of benzene rings is 2. The van der Waals surface area contributed by atoms with Gasteiger partial charge in [0.05, 0.1) is 11.3 Å². The highest BCUT2D eigenvalue weighted by molar-refractivity contribution is 6.05. The summed E-state index contributed by atoms with van der Waals surface area (Å²) in [4.78, 5) is 15.8. The predicted octanol–water partition coefficient (Wildman–Crippen LogP) is 5.33. The summed E-state index contributed by atoms with van der Waals surface area (Å²) in [5, 5.41) is 2.68. The molecule has 0 saturated heterocycles. The molecule has 132 valence electrons. The quantitative estimate of drug-likeness (QED) is 0.689. The van der Waals surface area contributed by atoms with Gasteiger partial charge >= 0.3 is 6.18 Å². The van der Waals surface area contributed by atoms with Crippen LogP contribution in [-0.2, 0) is 6.18 Å². The zero-order valence-electron chi connectivity index (χ0n) is 13.8. The summed E-state index contributed by atoms with van der Waals surface area (Å²) in [7, 11) is 0. The summed E-state index contributed by atoms with van der Waals surface area (Å²) >= 11 is 0. The average molecular weight is 356 g/mol. The van der Waals surface area contributed by atoms with Crippen molar-refractivity contribution >= 4 is 11.6 Å². The predicted molar refractivity (Wildman–Crippen MR) is 93.8 cm³/mol. The highest BCUT2D eigenvalue weighted by Crippen LogP contribution is 2.28. The smallest absolute Gasteiger partial charge is 0.322 e. The Balaban J connectivity index is 1.76. The van der Waals surface area contributed by atoms with Gasteiger partial charge in [-0.3, -0.25) is 4.79 Å². The lowest BCUT2D eigenvalue weighted by Crippen LogP contribution is -2.16. The molecule has 26 heavy (non-hydrogen) atoms. The third-order valence-electron chi connectivity index (χ3n) is 3.87. The van der Waals surface area contributed by atoms with Crippen LogP contribution >= 0.6 is 0 Å². The van der Waals surface area contributed by atoms with Crippen molar-refractivity contribution in [2.75, 3.05) is 5.32 Å². The number of aryl methyl sites for hydroxylation is 1. The molecule has 0 bridgehead atoms. The number of nitrogens with one attached hydrogen (secondary N) is 1. The van der Waals surface area contributed by atoms with E-state index in [0.717, 1.165) is 23.3 Å². The third-order valence-corrected chi connectivity index (χ3v) is 3.87. The van der Waals surface area contributed by atoms with E-state index >= 15 is 0 Å². The minimum Gasteiger partial charge on any atom is -0.322 e. The van der Waals surface area contributed by atoms with Crippen molar-refractivity contribution in [1.82, 2.24) is 4.98 Å². The number of amides is 1. The van der Waals surface area contributed by atoms with E-state index in [-0.39, 0.29) is 11.3 Å². The first-order valence-electron chi connectivity index (χ1n) is 7.86. The number of alkyl halides is 3. The number of rotatable bonds is 3. The van der Waals surface area contributed by atoms with E-state index in [4.69, 9.17) is 0 Å². The molecular weight excluding hydrogens is 341 g/mol. The maximum atomic E-state index is 12.7. The Morgan fingerprint density at radius 1 is 0.885 bits per heavy atom. The molecule has 0 unspecified atom stereocenters. The number of hydrogen-bond acceptors (Lipinski definition) is 2. The van der Waals surface area contributed by atoms with Gasteiger partial charge in [0, 0.05) is 5.69 Å². The topological polar surface area (TPSA) is 42.0 Å². The number of nitrogens with zero attached hydrogens (tertiary/aromatic N) is 1. The summed E-state index contributed by atoms with van der Waals surface area (Å²) in [6, 6.07) is 18.9. The monoisotopic (exact) mass is 356 g/mol. The molecule has 0 aliphatic heterocycles. The Bertz CT molecular complexity index is 920. The van der Waals surface area contributed by atoms with Gasteiger partial charge in [0.25, 0.3) is 5.91 Å². The van der Waals surface area contributed by atoms with Crippen molar-refractivity contribution in [2.24, 2.45) is 0 Å². The van der Waals surface area contributed by atoms with E-state index < -0.39 is 17.8 Å². The van der Waals surface area contributed by atoms with Crippen LogP contribution in [0, 0.1) is 6.92 Å². The van der Waals surface area contributed by atoms with E-state index in [0.29, 0.717) is 5.69 Å². The summed E-state index contributed by atoms with van der Waals surface area (Å²) < 4.78 is 38.0. The Morgan fingerprint density at radius 3 is 2.08 bits per heavy atom. The van der Waals surface area contributed by atoms with Crippen molar-refractivity contribution < 1.29 is 18.0 Å². The lowest BCUT2D eigenvalue weighted by Gasteiger charge is -2.11. The minimum atomic E-state index is -4.53. The van der Waals surface area contributed by atoms with E-state index in [2.05, 4.69) is 10.3 Å². The molecule has 3 aromatic rings. The van der Waals surface area contributed by atoms with E-state index in [1.165, 1.54) is 6.92 Å². The van der Waals surface area contributed by atoms with Crippen molar-refractivity contribution in [3.8, 4) is 11.1 Å².